The van der Waals surface area contributed by atoms with E-state index in [1.807, 2.05) is 6.92 Å². The molecule has 0 saturated carbocycles. The molecule has 1 atom stereocenters. The highest BCUT2D eigenvalue weighted by molar-refractivity contribution is 5.92. The Balaban J connectivity index is 2.05. The molecule has 7 nitrogen and oxygen atoms in total. The zero-order chi connectivity index (χ0) is 16.1. The Labute approximate surface area is 129 Å². The Morgan fingerprint density at radius 3 is 2.91 bits per heavy atom. The van der Waals surface area contributed by atoms with Crippen molar-refractivity contribution in [2.24, 2.45) is 5.92 Å². The molecular weight excluding hydrogens is 284 g/mol. The fourth-order valence-corrected chi connectivity index (χ4v) is 2.76. The van der Waals surface area contributed by atoms with Crippen LogP contribution in [0.4, 0.5) is 5.95 Å². The number of hydrogen-bond donors (Lipinski definition) is 2. The lowest BCUT2D eigenvalue weighted by Gasteiger charge is -2.32. The van der Waals surface area contributed by atoms with Gasteiger partial charge in [-0.15, -0.1) is 0 Å². The third kappa shape index (κ3) is 4.16. The number of aliphatic carboxylic acids is 1. The molecule has 1 fully saturated rings. The van der Waals surface area contributed by atoms with E-state index in [1.54, 1.807) is 18.0 Å². The van der Waals surface area contributed by atoms with Gasteiger partial charge in [0.15, 0.2) is 0 Å². The fourth-order valence-electron chi connectivity index (χ4n) is 2.76. The maximum Gasteiger partial charge on any atom is 0.303 e. The van der Waals surface area contributed by atoms with E-state index in [4.69, 9.17) is 5.11 Å². The molecule has 0 aromatic carbocycles. The molecule has 1 aliphatic heterocycles. The zero-order valence-corrected chi connectivity index (χ0v) is 13.0. The van der Waals surface area contributed by atoms with Crippen LogP contribution in [-0.4, -0.2) is 52.0 Å². The van der Waals surface area contributed by atoms with E-state index >= 15 is 0 Å². The van der Waals surface area contributed by atoms with E-state index in [-0.39, 0.29) is 18.2 Å². The number of carbonyl (C=O) groups excluding carboxylic acids is 1. The van der Waals surface area contributed by atoms with E-state index < -0.39 is 5.97 Å². The molecule has 1 saturated heterocycles. The van der Waals surface area contributed by atoms with Crippen molar-refractivity contribution < 1.29 is 14.7 Å². The van der Waals surface area contributed by atoms with Gasteiger partial charge in [-0.3, -0.25) is 9.59 Å². The number of aryl methyl sites for hydroxylation is 1. The van der Waals surface area contributed by atoms with Crippen molar-refractivity contribution in [3.05, 3.63) is 17.5 Å². The molecule has 1 aromatic rings. The van der Waals surface area contributed by atoms with Crippen LogP contribution in [0.25, 0.3) is 0 Å². The van der Waals surface area contributed by atoms with Gasteiger partial charge < -0.3 is 15.3 Å². The normalized spacial score (nSPS) is 18.1. The molecule has 2 rings (SSSR count). The first kappa shape index (κ1) is 16.2. The second-order valence-corrected chi connectivity index (χ2v) is 5.66. The number of rotatable bonds is 5. The number of piperidine rings is 1. The van der Waals surface area contributed by atoms with Crippen molar-refractivity contribution in [1.82, 2.24) is 14.9 Å². The summed E-state index contributed by atoms with van der Waals surface area (Å²) in [5, 5.41) is 11.6. The van der Waals surface area contributed by atoms with Crippen LogP contribution in [0, 0.1) is 12.8 Å². The minimum atomic E-state index is -0.784. The number of nitrogens with zero attached hydrogens (tertiary/aromatic N) is 3. The van der Waals surface area contributed by atoms with Crippen LogP contribution in [0.15, 0.2) is 6.07 Å². The van der Waals surface area contributed by atoms with E-state index in [0.717, 1.165) is 18.5 Å². The molecule has 0 bridgehead atoms. The molecule has 2 N–H and O–H groups in total. The number of carbonyl (C=O) groups is 2. The Kier molecular flexibility index (Phi) is 5.30. The highest BCUT2D eigenvalue weighted by Crippen LogP contribution is 2.22. The summed E-state index contributed by atoms with van der Waals surface area (Å²) in [5.74, 6) is -0.209. The third-order valence-electron chi connectivity index (χ3n) is 3.87. The molecule has 1 amide bonds. The lowest BCUT2D eigenvalue weighted by atomic mass is 9.93. The minimum absolute atomic E-state index is 0.109. The van der Waals surface area contributed by atoms with Crippen LogP contribution in [0.5, 0.6) is 0 Å². The summed E-state index contributed by atoms with van der Waals surface area (Å²) < 4.78 is 0. The van der Waals surface area contributed by atoms with Crippen LogP contribution in [0.3, 0.4) is 0 Å². The maximum absolute atomic E-state index is 12.6. The number of aromatic nitrogens is 2. The summed E-state index contributed by atoms with van der Waals surface area (Å²) in [6.07, 6.45) is 2.65. The number of likely N-dealkylation sites (tertiary alicyclic amines) is 1. The number of anilines is 1. The predicted octanol–water partition coefficient (Wildman–Crippen LogP) is 1.54. The van der Waals surface area contributed by atoms with Gasteiger partial charge in [-0.1, -0.05) is 0 Å². The second kappa shape index (κ2) is 7.20. The van der Waals surface area contributed by atoms with Gasteiger partial charge in [0.1, 0.15) is 5.69 Å². The fraction of sp³-hybridized carbons (Fsp3) is 0.600. The lowest BCUT2D eigenvalue weighted by molar-refractivity contribution is -0.137. The van der Waals surface area contributed by atoms with E-state index in [9.17, 15) is 9.59 Å². The number of carboxylic acid groups (broad SMARTS) is 1. The molecule has 2 heterocycles. The van der Waals surface area contributed by atoms with Crippen LogP contribution in [0.2, 0.25) is 0 Å². The molecule has 0 aliphatic carbocycles. The molecule has 1 aliphatic rings. The van der Waals surface area contributed by atoms with Crippen molar-refractivity contribution in [3.63, 3.8) is 0 Å². The lowest BCUT2D eigenvalue weighted by Crippen LogP contribution is -2.40. The van der Waals surface area contributed by atoms with Crippen molar-refractivity contribution in [3.8, 4) is 0 Å². The smallest absolute Gasteiger partial charge is 0.303 e. The molecule has 7 heteroatoms. The molecule has 0 radical (unpaired) electrons. The van der Waals surface area contributed by atoms with Crippen molar-refractivity contribution in [1.29, 1.82) is 0 Å². The largest absolute Gasteiger partial charge is 0.481 e. The van der Waals surface area contributed by atoms with Gasteiger partial charge in [0.2, 0.25) is 5.95 Å². The molecular formula is C15H22N4O3. The minimum Gasteiger partial charge on any atom is -0.481 e. The summed E-state index contributed by atoms with van der Waals surface area (Å²) in [6, 6.07) is 1.68. The van der Waals surface area contributed by atoms with Crippen molar-refractivity contribution in [2.45, 2.75) is 32.6 Å². The SMILES string of the molecule is CNc1nc(C)cc(C(=O)N2CCCC(CCC(=O)O)C2)n1. The van der Waals surface area contributed by atoms with Gasteiger partial charge in [-0.2, -0.15) is 0 Å². The average molecular weight is 306 g/mol. The Morgan fingerprint density at radius 1 is 1.45 bits per heavy atom. The number of carboxylic acids is 1. The van der Waals surface area contributed by atoms with E-state index in [0.29, 0.717) is 31.2 Å². The van der Waals surface area contributed by atoms with Crippen LogP contribution in [0.1, 0.15) is 41.9 Å². The van der Waals surface area contributed by atoms with E-state index in [2.05, 4.69) is 15.3 Å². The van der Waals surface area contributed by atoms with Crippen LogP contribution >= 0.6 is 0 Å². The van der Waals surface area contributed by atoms with Crippen LogP contribution < -0.4 is 5.32 Å². The average Bonchev–Trinajstić information content (AvgIpc) is 2.51. The topological polar surface area (TPSA) is 95.4 Å². The summed E-state index contributed by atoms with van der Waals surface area (Å²) in [4.78, 5) is 33.5. The summed E-state index contributed by atoms with van der Waals surface area (Å²) >= 11 is 0. The Morgan fingerprint density at radius 2 is 2.23 bits per heavy atom. The predicted molar refractivity (Wildman–Crippen MR) is 81.8 cm³/mol. The zero-order valence-electron chi connectivity index (χ0n) is 13.0. The third-order valence-corrected chi connectivity index (χ3v) is 3.87. The van der Waals surface area contributed by atoms with Gasteiger partial charge in [-0.05, 0) is 38.2 Å². The Hall–Kier alpha value is -2.18. The van der Waals surface area contributed by atoms with Gasteiger partial charge in [-0.25, -0.2) is 9.97 Å². The first-order chi connectivity index (χ1) is 10.5. The van der Waals surface area contributed by atoms with Gasteiger partial charge in [0, 0.05) is 32.3 Å². The van der Waals surface area contributed by atoms with Gasteiger partial charge in [0.05, 0.1) is 0 Å². The molecule has 120 valence electrons. The molecule has 22 heavy (non-hydrogen) atoms. The summed E-state index contributed by atoms with van der Waals surface area (Å²) in [6.45, 7) is 3.12. The first-order valence-electron chi connectivity index (χ1n) is 7.54. The first-order valence-corrected chi connectivity index (χ1v) is 7.54. The highest BCUT2D eigenvalue weighted by atomic mass is 16.4. The Bertz CT molecular complexity index is 562. The van der Waals surface area contributed by atoms with Crippen LogP contribution in [-0.2, 0) is 4.79 Å². The quantitative estimate of drug-likeness (QED) is 0.857. The van der Waals surface area contributed by atoms with Gasteiger partial charge in [0.25, 0.3) is 5.91 Å². The summed E-state index contributed by atoms with van der Waals surface area (Å²) in [7, 11) is 1.71. The number of hydrogen-bond acceptors (Lipinski definition) is 5. The molecule has 1 aromatic heterocycles. The van der Waals surface area contributed by atoms with Gasteiger partial charge >= 0.3 is 5.97 Å². The van der Waals surface area contributed by atoms with E-state index in [1.165, 1.54) is 0 Å². The monoisotopic (exact) mass is 306 g/mol. The number of amides is 1. The number of nitrogens with one attached hydrogen (secondary N) is 1. The van der Waals surface area contributed by atoms with Crippen molar-refractivity contribution >= 4 is 17.8 Å². The molecule has 1 unspecified atom stereocenters. The molecule has 0 spiro atoms. The standard InChI is InChI=1S/C15H22N4O3/c1-10-8-12(18-15(16-2)17-10)14(22)19-7-3-4-11(9-19)5-6-13(20)21/h8,11H,3-7,9H2,1-2H3,(H,20,21)(H,16,17,18). The highest BCUT2D eigenvalue weighted by Gasteiger charge is 2.26. The second-order valence-electron chi connectivity index (χ2n) is 5.66. The summed E-state index contributed by atoms with van der Waals surface area (Å²) in [5.41, 5.74) is 1.12. The maximum atomic E-state index is 12.6. The van der Waals surface area contributed by atoms with Crippen molar-refractivity contribution in [2.75, 3.05) is 25.5 Å².